The smallest absolute Gasteiger partial charge is 0.224 e. The Balaban J connectivity index is 2.00. The average molecular weight is 324 g/mol. The zero-order chi connectivity index (χ0) is 17.3. The van der Waals surface area contributed by atoms with Gasteiger partial charge in [-0.3, -0.25) is 4.79 Å². The monoisotopic (exact) mass is 324 g/mol. The summed E-state index contributed by atoms with van der Waals surface area (Å²) in [5.41, 5.74) is 3.17. The van der Waals surface area contributed by atoms with E-state index in [9.17, 15) is 4.79 Å². The van der Waals surface area contributed by atoms with E-state index in [0.717, 1.165) is 22.7 Å². The highest BCUT2D eigenvalue weighted by atomic mass is 16.5. The van der Waals surface area contributed by atoms with Crippen LogP contribution >= 0.6 is 0 Å². The van der Waals surface area contributed by atoms with E-state index in [1.165, 1.54) is 0 Å². The zero-order valence-electron chi connectivity index (χ0n) is 14.6. The predicted octanol–water partition coefficient (Wildman–Crippen LogP) is 4.24. The number of carbonyl (C=O) groups excluding carboxylic acids is 1. The largest absolute Gasteiger partial charge is 0.497 e. The number of rotatable bonds is 3. The molecular formula is C20H24N2O2. The van der Waals surface area contributed by atoms with Gasteiger partial charge in [0.25, 0.3) is 0 Å². The van der Waals surface area contributed by atoms with Crippen molar-refractivity contribution >= 4 is 17.3 Å². The van der Waals surface area contributed by atoms with E-state index in [1.54, 1.807) is 14.0 Å². The molecule has 24 heavy (non-hydrogen) atoms. The minimum Gasteiger partial charge on any atom is -0.497 e. The highest BCUT2D eigenvalue weighted by Crippen LogP contribution is 2.42. The van der Waals surface area contributed by atoms with Gasteiger partial charge in [0.05, 0.1) is 13.2 Å². The van der Waals surface area contributed by atoms with Gasteiger partial charge in [0.2, 0.25) is 5.91 Å². The lowest BCUT2D eigenvalue weighted by Gasteiger charge is -2.44. The number of anilines is 2. The molecule has 1 aliphatic rings. The number of benzene rings is 2. The molecule has 3 atom stereocenters. The van der Waals surface area contributed by atoms with Gasteiger partial charge in [-0.15, -0.1) is 0 Å². The predicted molar refractivity (Wildman–Crippen MR) is 97.6 cm³/mol. The van der Waals surface area contributed by atoms with Crippen LogP contribution in [0.1, 0.15) is 32.4 Å². The maximum Gasteiger partial charge on any atom is 0.224 e. The molecule has 0 aromatic heterocycles. The summed E-state index contributed by atoms with van der Waals surface area (Å²) in [6.07, 6.45) is 0. The summed E-state index contributed by atoms with van der Waals surface area (Å²) in [6, 6.07) is 16.4. The van der Waals surface area contributed by atoms with E-state index >= 15 is 0 Å². The molecule has 0 saturated carbocycles. The molecule has 4 nitrogen and oxygen atoms in total. The van der Waals surface area contributed by atoms with Crippen molar-refractivity contribution < 1.29 is 9.53 Å². The van der Waals surface area contributed by atoms with Crippen LogP contribution in [-0.4, -0.2) is 19.1 Å². The molecule has 1 heterocycles. The fraction of sp³-hybridized carbons (Fsp3) is 0.350. The Bertz CT molecular complexity index is 744. The zero-order valence-corrected chi connectivity index (χ0v) is 14.6. The molecule has 1 N–H and O–H groups in total. The van der Waals surface area contributed by atoms with Crippen LogP contribution in [0.2, 0.25) is 0 Å². The average Bonchev–Trinajstić information content (AvgIpc) is 2.59. The molecule has 2 aromatic carbocycles. The van der Waals surface area contributed by atoms with Crippen molar-refractivity contribution in [2.45, 2.75) is 32.9 Å². The second-order valence-corrected chi connectivity index (χ2v) is 6.40. The molecule has 0 bridgehead atoms. The molecule has 0 radical (unpaired) electrons. The number of ether oxygens (including phenoxy) is 1. The highest BCUT2D eigenvalue weighted by Gasteiger charge is 2.37. The number of nitrogens with zero attached hydrogens (tertiary/aromatic N) is 1. The number of hydrogen-bond donors (Lipinski definition) is 1. The third-order valence-corrected chi connectivity index (χ3v) is 4.96. The van der Waals surface area contributed by atoms with Crippen molar-refractivity contribution in [2.24, 2.45) is 5.92 Å². The number of nitrogens with one attached hydrogen (secondary N) is 1. The van der Waals surface area contributed by atoms with Crippen LogP contribution < -0.4 is 15.0 Å². The molecular weight excluding hydrogens is 300 g/mol. The molecule has 126 valence electrons. The molecule has 4 heteroatoms. The van der Waals surface area contributed by atoms with Crippen LogP contribution in [-0.2, 0) is 4.79 Å². The first-order valence-electron chi connectivity index (χ1n) is 8.32. The summed E-state index contributed by atoms with van der Waals surface area (Å²) in [7, 11) is 1.67. The normalized spacial score (nSPS) is 22.7. The first-order valence-corrected chi connectivity index (χ1v) is 8.32. The van der Waals surface area contributed by atoms with Crippen LogP contribution in [0.25, 0.3) is 0 Å². The van der Waals surface area contributed by atoms with Crippen LogP contribution in [0, 0.1) is 5.92 Å². The fourth-order valence-corrected chi connectivity index (χ4v) is 3.54. The van der Waals surface area contributed by atoms with E-state index in [1.807, 2.05) is 47.4 Å². The van der Waals surface area contributed by atoms with E-state index < -0.39 is 0 Å². The second-order valence-electron chi connectivity index (χ2n) is 6.40. The fourth-order valence-electron chi connectivity index (χ4n) is 3.54. The Kier molecular flexibility index (Phi) is 4.47. The lowest BCUT2D eigenvalue weighted by molar-refractivity contribution is -0.117. The summed E-state index contributed by atoms with van der Waals surface area (Å²) in [5.74, 6) is 1.19. The Morgan fingerprint density at radius 2 is 1.88 bits per heavy atom. The Labute approximate surface area is 143 Å². The van der Waals surface area contributed by atoms with Crippen LogP contribution in [0.4, 0.5) is 11.4 Å². The standard InChI is InChI=1S/C20H24N2O2/c1-13-14(2)22(15(3)23)19-11-6-5-10-18(19)20(13)21-16-8-7-9-17(12-16)24-4/h5-14,20-21H,1-4H3/t13-,14-,20?/m0/s1. The van der Waals surface area contributed by atoms with E-state index in [2.05, 4.69) is 25.2 Å². The molecule has 0 saturated heterocycles. The van der Waals surface area contributed by atoms with Crippen molar-refractivity contribution in [3.8, 4) is 5.75 Å². The lowest BCUT2D eigenvalue weighted by atomic mass is 9.82. The summed E-state index contributed by atoms with van der Waals surface area (Å²) < 4.78 is 5.32. The first-order chi connectivity index (χ1) is 11.5. The molecule has 3 rings (SSSR count). The van der Waals surface area contributed by atoms with Crippen molar-refractivity contribution in [1.82, 2.24) is 0 Å². The topological polar surface area (TPSA) is 41.6 Å². The van der Waals surface area contributed by atoms with E-state index in [-0.39, 0.29) is 23.9 Å². The Morgan fingerprint density at radius 3 is 2.58 bits per heavy atom. The number of fused-ring (bicyclic) bond motifs is 1. The SMILES string of the molecule is COc1cccc(NC2c3ccccc3N(C(C)=O)[C@@H](C)[C@@H]2C)c1. The van der Waals surface area contributed by atoms with Crippen molar-refractivity contribution in [3.63, 3.8) is 0 Å². The second kappa shape index (κ2) is 6.56. The van der Waals surface area contributed by atoms with Crippen LogP contribution in [0.5, 0.6) is 5.75 Å². The third-order valence-electron chi connectivity index (χ3n) is 4.96. The van der Waals surface area contributed by atoms with Crippen LogP contribution in [0.15, 0.2) is 48.5 Å². The van der Waals surface area contributed by atoms with Crippen molar-refractivity contribution in [1.29, 1.82) is 0 Å². The van der Waals surface area contributed by atoms with Gasteiger partial charge in [0, 0.05) is 36.3 Å². The summed E-state index contributed by atoms with van der Waals surface area (Å²) in [4.78, 5) is 14.1. The number of amides is 1. The van der Waals surface area contributed by atoms with Crippen molar-refractivity contribution in [2.75, 3.05) is 17.3 Å². The van der Waals surface area contributed by atoms with E-state index in [4.69, 9.17) is 4.74 Å². The highest BCUT2D eigenvalue weighted by molar-refractivity contribution is 5.94. The summed E-state index contributed by atoms with van der Waals surface area (Å²) in [6.45, 7) is 5.94. The Morgan fingerprint density at radius 1 is 1.12 bits per heavy atom. The molecule has 0 fully saturated rings. The van der Waals surface area contributed by atoms with E-state index in [0.29, 0.717) is 0 Å². The maximum absolute atomic E-state index is 12.2. The Hall–Kier alpha value is -2.49. The van der Waals surface area contributed by atoms with Gasteiger partial charge in [-0.1, -0.05) is 31.2 Å². The van der Waals surface area contributed by atoms with Crippen molar-refractivity contribution in [3.05, 3.63) is 54.1 Å². The molecule has 0 spiro atoms. The number of carbonyl (C=O) groups is 1. The van der Waals surface area contributed by atoms with Gasteiger partial charge in [0.1, 0.15) is 5.75 Å². The molecule has 1 unspecified atom stereocenters. The molecule has 2 aromatic rings. The van der Waals surface area contributed by atoms with Crippen LogP contribution in [0.3, 0.4) is 0 Å². The maximum atomic E-state index is 12.2. The number of methoxy groups -OCH3 is 1. The summed E-state index contributed by atoms with van der Waals surface area (Å²) >= 11 is 0. The lowest BCUT2D eigenvalue weighted by Crippen LogP contribution is -2.48. The van der Waals surface area contributed by atoms with Gasteiger partial charge >= 0.3 is 0 Å². The number of hydrogen-bond acceptors (Lipinski definition) is 3. The van der Waals surface area contributed by atoms with Gasteiger partial charge < -0.3 is 15.0 Å². The van der Waals surface area contributed by atoms with Gasteiger partial charge in [-0.05, 0) is 30.7 Å². The quantitative estimate of drug-likeness (QED) is 0.918. The molecule has 1 amide bonds. The summed E-state index contributed by atoms with van der Waals surface area (Å²) in [5, 5.41) is 3.63. The number of para-hydroxylation sites is 1. The minimum atomic E-state index is 0.0848. The third kappa shape index (κ3) is 2.84. The minimum absolute atomic E-state index is 0.0848. The first kappa shape index (κ1) is 16.4. The van der Waals surface area contributed by atoms with Gasteiger partial charge in [-0.25, -0.2) is 0 Å². The van der Waals surface area contributed by atoms with Gasteiger partial charge in [0.15, 0.2) is 0 Å². The molecule has 0 aliphatic carbocycles. The molecule has 1 aliphatic heterocycles. The van der Waals surface area contributed by atoms with Gasteiger partial charge in [-0.2, -0.15) is 0 Å².